The molecule has 0 saturated heterocycles. The third-order valence-electron chi connectivity index (χ3n) is 2.50. The zero-order valence-corrected chi connectivity index (χ0v) is 10.8. The Labute approximate surface area is 110 Å². The number of rotatable bonds is 5. The van der Waals surface area contributed by atoms with Crippen LogP contribution in [-0.2, 0) is 6.54 Å². The molecule has 0 unspecified atom stereocenters. The molecule has 2 aromatic rings. The number of nitrogens with zero attached hydrogens (tertiary/aromatic N) is 3. The molecule has 19 heavy (non-hydrogen) atoms. The molecular formula is C13H15N3O3. The predicted molar refractivity (Wildman–Crippen MR) is 70.2 cm³/mol. The molecule has 1 aromatic carbocycles. The third-order valence-corrected chi connectivity index (χ3v) is 2.50. The monoisotopic (exact) mass is 261 g/mol. The van der Waals surface area contributed by atoms with Crippen molar-refractivity contribution in [1.82, 2.24) is 9.78 Å². The van der Waals surface area contributed by atoms with Crippen LogP contribution in [0.1, 0.15) is 19.4 Å². The highest BCUT2D eigenvalue weighted by Gasteiger charge is 2.11. The Balaban J connectivity index is 2.20. The fourth-order valence-corrected chi connectivity index (χ4v) is 1.71. The van der Waals surface area contributed by atoms with Gasteiger partial charge in [0.15, 0.2) is 0 Å². The summed E-state index contributed by atoms with van der Waals surface area (Å²) in [6.07, 6.45) is 2.73. The van der Waals surface area contributed by atoms with Crippen LogP contribution in [0.4, 0.5) is 5.69 Å². The summed E-state index contributed by atoms with van der Waals surface area (Å²) < 4.78 is 7.23. The van der Waals surface area contributed by atoms with Gasteiger partial charge in [-0.1, -0.05) is 18.2 Å². The van der Waals surface area contributed by atoms with Gasteiger partial charge in [0.2, 0.25) is 0 Å². The first kappa shape index (κ1) is 13.1. The second-order valence-electron chi connectivity index (χ2n) is 4.43. The molecule has 6 heteroatoms. The van der Waals surface area contributed by atoms with Gasteiger partial charge in [-0.3, -0.25) is 14.8 Å². The largest absolute Gasteiger partial charge is 0.491 e. The highest BCUT2D eigenvalue weighted by atomic mass is 16.6. The van der Waals surface area contributed by atoms with Gasteiger partial charge in [-0.15, -0.1) is 0 Å². The molecular weight excluding hydrogens is 246 g/mol. The lowest BCUT2D eigenvalue weighted by Gasteiger charge is -2.13. The van der Waals surface area contributed by atoms with Crippen molar-refractivity contribution in [1.29, 1.82) is 0 Å². The maximum atomic E-state index is 10.6. The van der Waals surface area contributed by atoms with Gasteiger partial charge < -0.3 is 4.74 Å². The number of para-hydroxylation sites is 1. The molecule has 0 spiro atoms. The highest BCUT2D eigenvalue weighted by Crippen LogP contribution is 2.21. The highest BCUT2D eigenvalue weighted by molar-refractivity contribution is 5.34. The van der Waals surface area contributed by atoms with Crippen LogP contribution in [-0.4, -0.2) is 20.8 Å². The van der Waals surface area contributed by atoms with Crippen LogP contribution in [0.2, 0.25) is 0 Å². The second kappa shape index (κ2) is 5.51. The lowest BCUT2D eigenvalue weighted by molar-refractivity contribution is -0.385. The van der Waals surface area contributed by atoms with Gasteiger partial charge in [0, 0.05) is 5.56 Å². The standard InChI is InChI=1S/C13H15N3O3/c1-10(2)19-13-6-4-3-5-11(13)8-15-9-12(7-14-15)16(17)18/h3-7,9-10H,8H2,1-2H3. The van der Waals surface area contributed by atoms with Gasteiger partial charge in [0.05, 0.1) is 17.6 Å². The molecule has 0 N–H and O–H groups in total. The molecule has 0 atom stereocenters. The van der Waals surface area contributed by atoms with Crippen molar-refractivity contribution in [3.8, 4) is 5.75 Å². The molecule has 0 saturated carbocycles. The molecule has 2 rings (SSSR count). The van der Waals surface area contributed by atoms with Crippen molar-refractivity contribution in [2.24, 2.45) is 0 Å². The smallest absolute Gasteiger partial charge is 0.307 e. The Morgan fingerprint density at radius 1 is 1.42 bits per heavy atom. The average molecular weight is 261 g/mol. The average Bonchev–Trinajstić information content (AvgIpc) is 2.80. The van der Waals surface area contributed by atoms with Gasteiger partial charge in [0.25, 0.3) is 0 Å². The summed E-state index contributed by atoms with van der Waals surface area (Å²) in [5, 5.41) is 14.6. The van der Waals surface area contributed by atoms with E-state index >= 15 is 0 Å². The van der Waals surface area contributed by atoms with E-state index in [0.29, 0.717) is 6.54 Å². The van der Waals surface area contributed by atoms with Gasteiger partial charge in [-0.2, -0.15) is 5.10 Å². The molecule has 6 nitrogen and oxygen atoms in total. The zero-order chi connectivity index (χ0) is 13.8. The fourth-order valence-electron chi connectivity index (χ4n) is 1.71. The first-order chi connectivity index (χ1) is 9.06. The summed E-state index contributed by atoms with van der Waals surface area (Å²) in [7, 11) is 0. The van der Waals surface area contributed by atoms with E-state index < -0.39 is 4.92 Å². The minimum Gasteiger partial charge on any atom is -0.491 e. The summed E-state index contributed by atoms with van der Waals surface area (Å²) in [5.41, 5.74) is 0.927. The number of aromatic nitrogens is 2. The number of benzene rings is 1. The topological polar surface area (TPSA) is 70.2 Å². The Kier molecular flexibility index (Phi) is 3.79. The SMILES string of the molecule is CC(C)Oc1ccccc1Cn1cc([N+](=O)[O-])cn1. The van der Waals surface area contributed by atoms with Gasteiger partial charge >= 0.3 is 5.69 Å². The van der Waals surface area contributed by atoms with Crippen molar-refractivity contribution in [3.05, 3.63) is 52.3 Å². The van der Waals surface area contributed by atoms with Crippen LogP contribution in [0.15, 0.2) is 36.7 Å². The maximum Gasteiger partial charge on any atom is 0.307 e. The van der Waals surface area contributed by atoms with E-state index in [-0.39, 0.29) is 11.8 Å². The molecule has 0 fully saturated rings. The molecule has 0 aliphatic rings. The predicted octanol–water partition coefficient (Wildman–Crippen LogP) is 2.63. The molecule has 0 bridgehead atoms. The quantitative estimate of drug-likeness (QED) is 0.612. The third kappa shape index (κ3) is 3.31. The van der Waals surface area contributed by atoms with Gasteiger partial charge in [0.1, 0.15) is 18.1 Å². The fraction of sp³-hybridized carbons (Fsp3) is 0.308. The molecule has 0 amide bonds. The Morgan fingerprint density at radius 2 is 2.16 bits per heavy atom. The summed E-state index contributed by atoms with van der Waals surface area (Å²) in [6.45, 7) is 4.35. The zero-order valence-electron chi connectivity index (χ0n) is 10.8. The molecule has 0 aliphatic carbocycles. The first-order valence-corrected chi connectivity index (χ1v) is 5.97. The molecule has 0 aliphatic heterocycles. The van der Waals surface area contributed by atoms with Crippen LogP contribution >= 0.6 is 0 Å². The number of nitro groups is 1. The van der Waals surface area contributed by atoms with Crippen LogP contribution in [0.25, 0.3) is 0 Å². The molecule has 1 heterocycles. The van der Waals surface area contributed by atoms with Crippen LogP contribution in [0, 0.1) is 10.1 Å². The van der Waals surface area contributed by atoms with Gasteiger partial charge in [-0.05, 0) is 19.9 Å². The van der Waals surface area contributed by atoms with Crippen molar-refractivity contribution in [3.63, 3.8) is 0 Å². The Bertz CT molecular complexity index is 578. The minimum absolute atomic E-state index is 0.0118. The molecule has 1 aromatic heterocycles. The summed E-state index contributed by atoms with van der Waals surface area (Å²) in [6, 6.07) is 7.60. The first-order valence-electron chi connectivity index (χ1n) is 5.97. The number of ether oxygens (including phenoxy) is 1. The van der Waals surface area contributed by atoms with Crippen molar-refractivity contribution >= 4 is 5.69 Å². The Morgan fingerprint density at radius 3 is 2.79 bits per heavy atom. The van der Waals surface area contributed by atoms with Crippen LogP contribution in [0.3, 0.4) is 0 Å². The lowest BCUT2D eigenvalue weighted by atomic mass is 10.2. The van der Waals surface area contributed by atoms with E-state index in [1.807, 2.05) is 38.1 Å². The molecule has 100 valence electrons. The number of hydrogen-bond donors (Lipinski definition) is 0. The Hall–Kier alpha value is -2.37. The van der Waals surface area contributed by atoms with E-state index in [0.717, 1.165) is 11.3 Å². The second-order valence-corrected chi connectivity index (χ2v) is 4.43. The molecule has 0 radical (unpaired) electrons. The van der Waals surface area contributed by atoms with Crippen LogP contribution in [0.5, 0.6) is 5.75 Å². The van der Waals surface area contributed by atoms with E-state index in [1.165, 1.54) is 17.1 Å². The summed E-state index contributed by atoms with van der Waals surface area (Å²) in [5.74, 6) is 0.774. The lowest BCUT2D eigenvalue weighted by Crippen LogP contribution is -2.09. The van der Waals surface area contributed by atoms with E-state index in [9.17, 15) is 10.1 Å². The summed E-state index contributed by atoms with van der Waals surface area (Å²) in [4.78, 5) is 10.1. The summed E-state index contributed by atoms with van der Waals surface area (Å²) >= 11 is 0. The van der Waals surface area contributed by atoms with Crippen molar-refractivity contribution in [2.45, 2.75) is 26.5 Å². The maximum absolute atomic E-state index is 10.6. The van der Waals surface area contributed by atoms with E-state index in [4.69, 9.17) is 4.74 Å². The van der Waals surface area contributed by atoms with Gasteiger partial charge in [-0.25, -0.2) is 0 Å². The minimum atomic E-state index is -0.458. The van der Waals surface area contributed by atoms with Crippen molar-refractivity contribution < 1.29 is 9.66 Å². The number of hydrogen-bond acceptors (Lipinski definition) is 4. The van der Waals surface area contributed by atoms with E-state index in [1.54, 1.807) is 0 Å². The van der Waals surface area contributed by atoms with Crippen molar-refractivity contribution in [2.75, 3.05) is 0 Å². The van der Waals surface area contributed by atoms with E-state index in [2.05, 4.69) is 5.10 Å². The normalized spacial score (nSPS) is 10.7. The van der Waals surface area contributed by atoms with Crippen LogP contribution < -0.4 is 4.74 Å².